The number of nitro groups is 1. The van der Waals surface area contributed by atoms with Crippen molar-refractivity contribution in [2.75, 3.05) is 19.6 Å². The van der Waals surface area contributed by atoms with Crippen molar-refractivity contribution in [2.45, 2.75) is 13.0 Å². The van der Waals surface area contributed by atoms with Gasteiger partial charge >= 0.3 is 0 Å². The summed E-state index contributed by atoms with van der Waals surface area (Å²) >= 11 is 0. The van der Waals surface area contributed by atoms with Crippen molar-refractivity contribution >= 4 is 11.6 Å². The van der Waals surface area contributed by atoms with Gasteiger partial charge in [0.25, 0.3) is 11.6 Å². The molecule has 0 aromatic heterocycles. The fourth-order valence-corrected chi connectivity index (χ4v) is 2.15. The summed E-state index contributed by atoms with van der Waals surface area (Å²) in [7, 11) is 0. The van der Waals surface area contributed by atoms with Crippen molar-refractivity contribution in [1.29, 1.82) is 0 Å². The first-order valence-electron chi connectivity index (χ1n) is 6.06. The van der Waals surface area contributed by atoms with E-state index in [-0.39, 0.29) is 6.04 Å². The molecule has 1 amide bonds. The number of nitrogens with zero attached hydrogens (tertiary/aromatic N) is 2. The van der Waals surface area contributed by atoms with Crippen LogP contribution in [0.2, 0.25) is 0 Å². The molecule has 6 nitrogen and oxygen atoms in total. The molecule has 0 saturated carbocycles. The fraction of sp³-hybridized carbons (Fsp3) is 0.417. The monoisotopic (exact) mass is 285 g/mol. The molecule has 1 aromatic rings. The molecule has 8 heteroatoms. The van der Waals surface area contributed by atoms with Crippen LogP contribution in [-0.4, -0.2) is 41.4 Å². The van der Waals surface area contributed by atoms with Crippen molar-refractivity contribution < 1.29 is 18.5 Å². The minimum Gasteiger partial charge on any atom is -0.336 e. The Morgan fingerprint density at radius 3 is 2.70 bits per heavy atom. The molecule has 2 rings (SSSR count). The standard InChI is InChI=1S/C12H13F2N3O3/c1-7-6-16(3-2-15-7)12(18)8-4-9(13)10(14)5-11(8)17(19)20/h4-5,7,15H,2-3,6H2,1H3. The molecule has 1 heterocycles. The van der Waals surface area contributed by atoms with Crippen molar-refractivity contribution in [3.8, 4) is 0 Å². The Hall–Kier alpha value is -2.09. The number of hydrogen-bond acceptors (Lipinski definition) is 4. The Balaban J connectivity index is 2.38. The number of carbonyl (C=O) groups is 1. The normalized spacial score (nSPS) is 18.9. The van der Waals surface area contributed by atoms with Crippen LogP contribution in [0, 0.1) is 21.7 Å². The van der Waals surface area contributed by atoms with E-state index in [1.54, 1.807) is 0 Å². The zero-order chi connectivity index (χ0) is 14.9. The molecule has 1 aromatic carbocycles. The maximum Gasteiger partial charge on any atom is 0.285 e. The highest BCUT2D eigenvalue weighted by atomic mass is 19.2. The molecule has 1 aliphatic heterocycles. The molecule has 0 bridgehead atoms. The van der Waals surface area contributed by atoms with Crippen LogP contribution in [0.3, 0.4) is 0 Å². The third-order valence-electron chi connectivity index (χ3n) is 3.12. The van der Waals surface area contributed by atoms with Crippen LogP contribution in [0.5, 0.6) is 0 Å². The molecule has 1 atom stereocenters. The van der Waals surface area contributed by atoms with Crippen LogP contribution in [0.1, 0.15) is 17.3 Å². The fourth-order valence-electron chi connectivity index (χ4n) is 2.15. The largest absolute Gasteiger partial charge is 0.336 e. The molecule has 1 aliphatic rings. The van der Waals surface area contributed by atoms with Gasteiger partial charge in [0.2, 0.25) is 0 Å². The van der Waals surface area contributed by atoms with Gasteiger partial charge in [-0.3, -0.25) is 14.9 Å². The number of nitrogens with one attached hydrogen (secondary N) is 1. The summed E-state index contributed by atoms with van der Waals surface area (Å²) in [5, 5.41) is 14.0. The van der Waals surface area contributed by atoms with E-state index in [1.807, 2.05) is 6.92 Å². The molecule has 0 spiro atoms. The molecule has 0 aliphatic carbocycles. The number of rotatable bonds is 2. The molecule has 1 saturated heterocycles. The van der Waals surface area contributed by atoms with Gasteiger partial charge in [-0.05, 0) is 13.0 Å². The first-order valence-corrected chi connectivity index (χ1v) is 6.06. The van der Waals surface area contributed by atoms with E-state index in [0.29, 0.717) is 31.8 Å². The summed E-state index contributed by atoms with van der Waals surface area (Å²) < 4.78 is 26.3. The Labute approximate surface area is 113 Å². The molecule has 20 heavy (non-hydrogen) atoms. The van der Waals surface area contributed by atoms with Gasteiger partial charge in [-0.2, -0.15) is 0 Å². The molecule has 1 N–H and O–H groups in total. The third-order valence-corrected chi connectivity index (χ3v) is 3.12. The summed E-state index contributed by atoms with van der Waals surface area (Å²) in [5.74, 6) is -3.28. The zero-order valence-corrected chi connectivity index (χ0v) is 10.7. The second kappa shape index (κ2) is 5.49. The van der Waals surface area contributed by atoms with Crippen LogP contribution < -0.4 is 5.32 Å². The number of hydrogen-bond donors (Lipinski definition) is 1. The molecular formula is C12H13F2N3O3. The molecule has 0 radical (unpaired) electrons. The lowest BCUT2D eigenvalue weighted by Gasteiger charge is -2.31. The number of benzene rings is 1. The van der Waals surface area contributed by atoms with Crippen LogP contribution in [0.15, 0.2) is 12.1 Å². The molecular weight excluding hydrogens is 272 g/mol. The van der Waals surface area contributed by atoms with Gasteiger partial charge in [0.05, 0.1) is 11.0 Å². The van der Waals surface area contributed by atoms with Gasteiger partial charge in [-0.15, -0.1) is 0 Å². The first kappa shape index (κ1) is 14.3. The van der Waals surface area contributed by atoms with Gasteiger partial charge in [0.15, 0.2) is 11.6 Å². The van der Waals surface area contributed by atoms with E-state index in [1.165, 1.54) is 4.90 Å². The van der Waals surface area contributed by atoms with Crippen LogP contribution in [0.25, 0.3) is 0 Å². The summed E-state index contributed by atoms with van der Waals surface area (Å²) in [5.41, 5.74) is -1.15. The predicted octanol–water partition coefficient (Wildman–Crippen LogP) is 1.31. The average Bonchev–Trinajstić information content (AvgIpc) is 2.40. The quantitative estimate of drug-likeness (QED) is 0.656. The van der Waals surface area contributed by atoms with Crippen molar-refractivity contribution in [2.24, 2.45) is 0 Å². The van der Waals surface area contributed by atoms with Crippen molar-refractivity contribution in [3.63, 3.8) is 0 Å². The Morgan fingerprint density at radius 1 is 1.45 bits per heavy atom. The highest BCUT2D eigenvalue weighted by Gasteiger charge is 2.29. The lowest BCUT2D eigenvalue weighted by atomic mass is 10.1. The topological polar surface area (TPSA) is 75.5 Å². The first-order chi connectivity index (χ1) is 9.40. The van der Waals surface area contributed by atoms with E-state index in [4.69, 9.17) is 0 Å². The van der Waals surface area contributed by atoms with E-state index >= 15 is 0 Å². The maximum absolute atomic E-state index is 13.2. The smallest absolute Gasteiger partial charge is 0.285 e. The van der Waals surface area contributed by atoms with Crippen LogP contribution >= 0.6 is 0 Å². The Morgan fingerprint density at radius 2 is 2.10 bits per heavy atom. The second-order valence-electron chi connectivity index (χ2n) is 4.65. The summed E-state index contributed by atoms with van der Waals surface area (Å²) in [6.45, 7) is 3.12. The van der Waals surface area contributed by atoms with Gasteiger partial charge in [0, 0.05) is 25.7 Å². The highest BCUT2D eigenvalue weighted by molar-refractivity contribution is 5.98. The number of amides is 1. The van der Waals surface area contributed by atoms with Gasteiger partial charge in [0.1, 0.15) is 5.56 Å². The number of nitro benzene ring substituents is 1. The average molecular weight is 285 g/mol. The summed E-state index contributed by atoms with van der Waals surface area (Å²) in [6.07, 6.45) is 0. The maximum atomic E-state index is 13.2. The molecule has 1 unspecified atom stereocenters. The lowest BCUT2D eigenvalue weighted by Crippen LogP contribution is -2.51. The van der Waals surface area contributed by atoms with E-state index in [2.05, 4.69) is 5.32 Å². The van der Waals surface area contributed by atoms with Crippen molar-refractivity contribution in [1.82, 2.24) is 10.2 Å². The lowest BCUT2D eigenvalue weighted by molar-refractivity contribution is -0.385. The minimum absolute atomic E-state index is 0.0389. The molecule has 1 fully saturated rings. The van der Waals surface area contributed by atoms with Crippen molar-refractivity contribution in [3.05, 3.63) is 39.4 Å². The number of halogens is 2. The SMILES string of the molecule is CC1CN(C(=O)c2cc(F)c(F)cc2[N+](=O)[O-])CCN1. The van der Waals surface area contributed by atoms with Gasteiger partial charge in [-0.1, -0.05) is 0 Å². The zero-order valence-electron chi connectivity index (χ0n) is 10.7. The molecule has 108 valence electrons. The summed E-state index contributed by atoms with van der Waals surface area (Å²) in [6, 6.07) is 1.06. The van der Waals surface area contributed by atoms with E-state index < -0.39 is 33.7 Å². The van der Waals surface area contributed by atoms with E-state index in [9.17, 15) is 23.7 Å². The Bertz CT molecular complexity index is 565. The third kappa shape index (κ3) is 2.74. The summed E-state index contributed by atoms with van der Waals surface area (Å²) in [4.78, 5) is 23.6. The number of carbonyl (C=O) groups excluding carboxylic acids is 1. The minimum atomic E-state index is -1.35. The predicted molar refractivity (Wildman–Crippen MR) is 66.4 cm³/mol. The van der Waals surface area contributed by atoms with Crippen LogP contribution in [-0.2, 0) is 0 Å². The second-order valence-corrected chi connectivity index (χ2v) is 4.65. The van der Waals surface area contributed by atoms with Gasteiger partial charge in [-0.25, -0.2) is 8.78 Å². The van der Waals surface area contributed by atoms with Gasteiger partial charge < -0.3 is 10.2 Å². The number of piperazine rings is 1. The highest BCUT2D eigenvalue weighted by Crippen LogP contribution is 2.24. The Kier molecular flexibility index (Phi) is 3.93. The van der Waals surface area contributed by atoms with E-state index in [0.717, 1.165) is 0 Å². The van der Waals surface area contributed by atoms with Crippen LogP contribution in [0.4, 0.5) is 14.5 Å².